The molecule has 0 aromatic heterocycles. The Bertz CT molecular complexity index is 781. The maximum atomic E-state index is 13.3. The molecule has 9 heteroatoms. The van der Waals surface area contributed by atoms with Crippen LogP contribution in [-0.2, 0) is 19.3 Å². The van der Waals surface area contributed by atoms with E-state index in [1.807, 2.05) is 0 Å². The average molecular weight is 411 g/mol. The lowest BCUT2D eigenvalue weighted by molar-refractivity contribution is -0.137. The molecule has 25 heavy (non-hydrogen) atoms. The van der Waals surface area contributed by atoms with Gasteiger partial charge in [-0.3, -0.25) is 0 Å². The van der Waals surface area contributed by atoms with Crippen LogP contribution in [0.25, 0.3) is 0 Å². The Morgan fingerprint density at radius 3 is 2.32 bits per heavy atom. The molecule has 2 aromatic carbocycles. The van der Waals surface area contributed by atoms with Gasteiger partial charge in [0.05, 0.1) is 5.56 Å². The quantitative estimate of drug-likeness (QED) is 0.527. The average Bonchev–Trinajstić information content (AvgIpc) is 2.50. The van der Waals surface area contributed by atoms with Crippen molar-refractivity contribution in [2.45, 2.75) is 19.3 Å². The summed E-state index contributed by atoms with van der Waals surface area (Å²) in [5.74, 6) is -0.960. The molecule has 2 aromatic rings. The molecule has 0 heterocycles. The number of hydrogen-bond acceptors (Lipinski definition) is 1. The minimum Gasteiger partial charge on any atom is -0.359 e. The van der Waals surface area contributed by atoms with E-state index in [0.29, 0.717) is 22.7 Å². The van der Waals surface area contributed by atoms with Gasteiger partial charge in [0.25, 0.3) is 0 Å². The summed E-state index contributed by atoms with van der Waals surface area (Å²) in [5, 5.41) is 6.75. The fourth-order valence-corrected chi connectivity index (χ4v) is 2.62. The van der Waals surface area contributed by atoms with Crippen molar-refractivity contribution in [2.75, 3.05) is 0 Å². The van der Waals surface area contributed by atoms with Crippen LogP contribution in [0.4, 0.5) is 17.6 Å². The van der Waals surface area contributed by atoms with Crippen LogP contribution in [-0.4, -0.2) is 5.11 Å². The van der Waals surface area contributed by atoms with Crippen LogP contribution in [0.5, 0.6) is 0 Å². The summed E-state index contributed by atoms with van der Waals surface area (Å²) in [4.78, 5) is 0. The van der Waals surface area contributed by atoms with Crippen LogP contribution in [0.2, 0.25) is 10.0 Å². The van der Waals surface area contributed by atoms with Gasteiger partial charge in [0.15, 0.2) is 5.11 Å². The standard InChI is InChI=1S/C16H12Cl2F4N2S/c17-12-2-1-10(14(18)6-12)8-24-15(25)23-7-9-3-11(16(20,21)22)5-13(19)4-9/h1-6H,7-8H2,(H2,23,24,25). The largest absolute Gasteiger partial charge is 0.416 e. The van der Waals surface area contributed by atoms with E-state index < -0.39 is 17.6 Å². The zero-order chi connectivity index (χ0) is 18.6. The highest BCUT2D eigenvalue weighted by atomic mass is 35.5. The van der Waals surface area contributed by atoms with E-state index in [-0.39, 0.29) is 17.2 Å². The van der Waals surface area contributed by atoms with Gasteiger partial charge in [-0.15, -0.1) is 0 Å². The smallest absolute Gasteiger partial charge is 0.359 e. The maximum Gasteiger partial charge on any atom is 0.416 e. The Labute approximate surface area is 157 Å². The van der Waals surface area contributed by atoms with Crippen molar-refractivity contribution in [2.24, 2.45) is 0 Å². The van der Waals surface area contributed by atoms with Crippen molar-refractivity contribution in [3.05, 3.63) is 69.0 Å². The molecule has 0 fully saturated rings. The molecule has 0 amide bonds. The predicted octanol–water partition coefficient (Wildman–Crippen LogP) is 5.32. The second-order valence-electron chi connectivity index (χ2n) is 5.12. The van der Waals surface area contributed by atoms with Gasteiger partial charge < -0.3 is 10.6 Å². The topological polar surface area (TPSA) is 24.1 Å². The third kappa shape index (κ3) is 6.02. The Morgan fingerprint density at radius 2 is 1.68 bits per heavy atom. The molecule has 2 rings (SSSR count). The summed E-state index contributed by atoms with van der Waals surface area (Å²) in [6, 6.07) is 7.31. The monoisotopic (exact) mass is 410 g/mol. The number of benzene rings is 2. The van der Waals surface area contributed by atoms with E-state index in [1.54, 1.807) is 18.2 Å². The lowest BCUT2D eigenvalue weighted by Gasteiger charge is -2.13. The highest BCUT2D eigenvalue weighted by Crippen LogP contribution is 2.30. The van der Waals surface area contributed by atoms with Crippen LogP contribution in [0.3, 0.4) is 0 Å². The van der Waals surface area contributed by atoms with Crippen molar-refractivity contribution in [1.29, 1.82) is 0 Å². The lowest BCUT2D eigenvalue weighted by atomic mass is 10.1. The first-order valence-electron chi connectivity index (χ1n) is 6.97. The highest BCUT2D eigenvalue weighted by molar-refractivity contribution is 7.80. The summed E-state index contributed by atoms with van der Waals surface area (Å²) in [6.07, 6.45) is -4.61. The molecule has 0 aliphatic heterocycles. The lowest BCUT2D eigenvalue weighted by Crippen LogP contribution is -2.34. The highest BCUT2D eigenvalue weighted by Gasteiger charge is 2.31. The summed E-state index contributed by atoms with van der Waals surface area (Å²) >= 11 is 16.9. The van der Waals surface area contributed by atoms with E-state index in [1.165, 1.54) is 0 Å². The van der Waals surface area contributed by atoms with E-state index in [2.05, 4.69) is 10.6 Å². The molecule has 0 aliphatic carbocycles. The van der Waals surface area contributed by atoms with Crippen molar-refractivity contribution < 1.29 is 17.6 Å². The molecule has 0 aliphatic rings. The molecule has 134 valence electrons. The minimum atomic E-state index is -4.61. The molecule has 0 spiro atoms. The molecule has 0 saturated carbocycles. The second kappa shape index (κ2) is 8.21. The summed E-state index contributed by atoms with van der Waals surface area (Å²) in [6.45, 7) is 0.250. The fraction of sp³-hybridized carbons (Fsp3) is 0.188. The third-order valence-electron chi connectivity index (χ3n) is 3.19. The van der Waals surface area contributed by atoms with Gasteiger partial charge >= 0.3 is 6.18 Å². The summed E-state index contributed by atoms with van der Waals surface area (Å²) < 4.78 is 51.4. The van der Waals surface area contributed by atoms with E-state index in [9.17, 15) is 17.6 Å². The Balaban J connectivity index is 1.93. The van der Waals surface area contributed by atoms with Crippen molar-refractivity contribution in [3.8, 4) is 0 Å². The molecular formula is C16H12Cl2F4N2S. The summed E-state index contributed by atoms with van der Waals surface area (Å²) in [7, 11) is 0. The molecule has 2 N–H and O–H groups in total. The molecule has 0 bridgehead atoms. The molecule has 0 unspecified atom stereocenters. The first-order chi connectivity index (χ1) is 11.6. The van der Waals surface area contributed by atoms with Gasteiger partial charge in [-0.1, -0.05) is 29.3 Å². The van der Waals surface area contributed by atoms with Crippen molar-refractivity contribution in [3.63, 3.8) is 0 Å². The zero-order valence-electron chi connectivity index (χ0n) is 12.6. The first kappa shape index (κ1) is 19.8. The van der Waals surface area contributed by atoms with Crippen LogP contribution in [0, 0.1) is 5.82 Å². The number of alkyl halides is 3. The van der Waals surface area contributed by atoms with Gasteiger partial charge in [0, 0.05) is 23.1 Å². The second-order valence-corrected chi connectivity index (χ2v) is 6.37. The van der Waals surface area contributed by atoms with Crippen LogP contribution in [0.15, 0.2) is 36.4 Å². The minimum absolute atomic E-state index is 0.0545. The fourth-order valence-electron chi connectivity index (χ4n) is 2.00. The predicted molar refractivity (Wildman–Crippen MR) is 94.1 cm³/mol. The third-order valence-corrected chi connectivity index (χ3v) is 4.07. The Kier molecular flexibility index (Phi) is 6.48. The summed E-state index contributed by atoms with van der Waals surface area (Å²) in [5.41, 5.74) is -0.169. The van der Waals surface area contributed by atoms with Gasteiger partial charge in [-0.05, 0) is 53.7 Å². The number of halogens is 6. The molecule has 0 radical (unpaired) electrons. The number of nitrogens with one attached hydrogen (secondary N) is 2. The number of hydrogen-bond donors (Lipinski definition) is 2. The van der Waals surface area contributed by atoms with Gasteiger partial charge in [0.2, 0.25) is 0 Å². The maximum absolute atomic E-state index is 13.3. The van der Waals surface area contributed by atoms with E-state index >= 15 is 0 Å². The zero-order valence-corrected chi connectivity index (χ0v) is 14.9. The van der Waals surface area contributed by atoms with Gasteiger partial charge in [-0.25, -0.2) is 4.39 Å². The van der Waals surface area contributed by atoms with E-state index in [4.69, 9.17) is 35.4 Å². The van der Waals surface area contributed by atoms with Crippen LogP contribution < -0.4 is 10.6 Å². The van der Waals surface area contributed by atoms with Crippen LogP contribution >= 0.6 is 35.4 Å². The normalized spacial score (nSPS) is 11.3. The van der Waals surface area contributed by atoms with E-state index in [0.717, 1.165) is 17.7 Å². The number of thiocarbonyl (C=S) groups is 1. The molecule has 2 nitrogen and oxygen atoms in total. The first-order valence-corrected chi connectivity index (χ1v) is 8.14. The van der Waals surface area contributed by atoms with Crippen molar-refractivity contribution >= 4 is 40.5 Å². The van der Waals surface area contributed by atoms with Gasteiger partial charge in [-0.2, -0.15) is 13.2 Å². The molecule has 0 atom stereocenters. The van der Waals surface area contributed by atoms with Crippen LogP contribution in [0.1, 0.15) is 16.7 Å². The molecular weight excluding hydrogens is 399 g/mol. The SMILES string of the molecule is Fc1cc(CNC(=S)NCc2ccc(Cl)cc2Cl)cc(C(F)(F)F)c1. The Morgan fingerprint density at radius 1 is 1.00 bits per heavy atom. The van der Waals surface area contributed by atoms with Crippen molar-refractivity contribution in [1.82, 2.24) is 10.6 Å². The molecule has 0 saturated heterocycles. The van der Waals surface area contributed by atoms with Gasteiger partial charge in [0.1, 0.15) is 5.82 Å². The Hall–Kier alpha value is -1.57. The number of rotatable bonds is 4.